The molecule has 1 aliphatic heterocycles. The van der Waals surface area contributed by atoms with Gasteiger partial charge in [-0.2, -0.15) is 5.10 Å². The number of aromatic nitrogens is 1. The molecule has 2 N–H and O–H groups in total. The standard InChI is InChI=1S/C13H18N4S/c14-13-17-16-12(10-18-13)8-3-1-2-6-11-7-4-5-9-15-11/h4-5,7,9H,1-3,6,8,10H2,(H2,14,17). The Kier molecular flexibility index (Phi) is 5.20. The summed E-state index contributed by atoms with van der Waals surface area (Å²) in [7, 11) is 0. The van der Waals surface area contributed by atoms with Gasteiger partial charge in [-0.25, -0.2) is 0 Å². The van der Waals surface area contributed by atoms with Gasteiger partial charge in [-0.1, -0.05) is 24.2 Å². The molecule has 0 spiro atoms. The number of nitrogens with zero attached hydrogens (tertiary/aromatic N) is 3. The summed E-state index contributed by atoms with van der Waals surface area (Å²) in [5.74, 6) is 0.898. The molecule has 0 aromatic carbocycles. The molecule has 0 radical (unpaired) electrons. The second-order valence-electron chi connectivity index (χ2n) is 4.27. The lowest BCUT2D eigenvalue weighted by Gasteiger charge is -2.08. The van der Waals surface area contributed by atoms with Crippen LogP contribution in [-0.4, -0.2) is 21.6 Å². The van der Waals surface area contributed by atoms with E-state index in [-0.39, 0.29) is 0 Å². The number of aryl methyl sites for hydroxylation is 1. The molecule has 1 aromatic heterocycles. The molecule has 0 unspecified atom stereocenters. The molecule has 0 saturated carbocycles. The maximum Gasteiger partial charge on any atom is 0.180 e. The van der Waals surface area contributed by atoms with Crippen LogP contribution in [0.5, 0.6) is 0 Å². The summed E-state index contributed by atoms with van der Waals surface area (Å²) < 4.78 is 0. The van der Waals surface area contributed by atoms with Crippen LogP contribution < -0.4 is 5.73 Å². The van der Waals surface area contributed by atoms with Gasteiger partial charge in [0.1, 0.15) is 0 Å². The molecule has 18 heavy (non-hydrogen) atoms. The van der Waals surface area contributed by atoms with Gasteiger partial charge in [0.25, 0.3) is 0 Å². The topological polar surface area (TPSA) is 63.6 Å². The second kappa shape index (κ2) is 7.16. The number of nitrogens with two attached hydrogens (primary N) is 1. The first-order valence-electron chi connectivity index (χ1n) is 6.26. The Labute approximate surface area is 112 Å². The fourth-order valence-electron chi connectivity index (χ4n) is 1.82. The van der Waals surface area contributed by atoms with Gasteiger partial charge in [0, 0.05) is 17.6 Å². The van der Waals surface area contributed by atoms with E-state index in [1.165, 1.54) is 25.0 Å². The molecule has 1 aliphatic rings. The smallest absolute Gasteiger partial charge is 0.180 e. The molecule has 2 rings (SSSR count). The van der Waals surface area contributed by atoms with Crippen molar-refractivity contribution in [1.29, 1.82) is 0 Å². The normalized spacial score (nSPS) is 15.1. The van der Waals surface area contributed by atoms with Crippen LogP contribution in [0.3, 0.4) is 0 Å². The van der Waals surface area contributed by atoms with Gasteiger partial charge < -0.3 is 5.73 Å². The van der Waals surface area contributed by atoms with Gasteiger partial charge in [0.2, 0.25) is 0 Å². The van der Waals surface area contributed by atoms with Crippen molar-refractivity contribution >= 4 is 22.6 Å². The average Bonchev–Trinajstić information content (AvgIpc) is 2.42. The van der Waals surface area contributed by atoms with Crippen molar-refractivity contribution in [2.75, 3.05) is 5.75 Å². The number of pyridine rings is 1. The fourth-order valence-corrected chi connectivity index (χ4v) is 2.43. The minimum Gasteiger partial charge on any atom is -0.377 e. The summed E-state index contributed by atoms with van der Waals surface area (Å²) in [6.45, 7) is 0. The zero-order valence-electron chi connectivity index (χ0n) is 10.4. The third-order valence-corrected chi connectivity index (χ3v) is 3.66. The third kappa shape index (κ3) is 4.49. The van der Waals surface area contributed by atoms with Gasteiger partial charge in [-0.15, -0.1) is 5.10 Å². The van der Waals surface area contributed by atoms with Crippen LogP contribution in [-0.2, 0) is 6.42 Å². The van der Waals surface area contributed by atoms with Crippen molar-refractivity contribution in [2.24, 2.45) is 15.9 Å². The van der Waals surface area contributed by atoms with E-state index in [1.54, 1.807) is 11.8 Å². The number of rotatable bonds is 6. The molecular formula is C13H18N4S. The van der Waals surface area contributed by atoms with Crippen molar-refractivity contribution in [3.05, 3.63) is 30.1 Å². The van der Waals surface area contributed by atoms with E-state index < -0.39 is 0 Å². The first-order valence-corrected chi connectivity index (χ1v) is 7.25. The second-order valence-corrected chi connectivity index (χ2v) is 5.27. The number of hydrogen-bond donors (Lipinski definition) is 1. The number of amidine groups is 1. The van der Waals surface area contributed by atoms with Crippen molar-refractivity contribution in [1.82, 2.24) is 4.98 Å². The minimum absolute atomic E-state index is 0.578. The monoisotopic (exact) mass is 262 g/mol. The highest BCUT2D eigenvalue weighted by Crippen LogP contribution is 2.12. The van der Waals surface area contributed by atoms with E-state index in [2.05, 4.69) is 21.3 Å². The fraction of sp³-hybridized carbons (Fsp3) is 0.462. The molecule has 2 heterocycles. The molecule has 5 heteroatoms. The van der Waals surface area contributed by atoms with Crippen molar-refractivity contribution in [3.8, 4) is 0 Å². The molecular weight excluding hydrogens is 244 g/mol. The molecule has 0 amide bonds. The quantitative estimate of drug-likeness (QED) is 0.801. The minimum atomic E-state index is 0.578. The van der Waals surface area contributed by atoms with Crippen LogP contribution >= 0.6 is 11.8 Å². The first kappa shape index (κ1) is 13.1. The molecule has 0 aliphatic carbocycles. The van der Waals surface area contributed by atoms with Gasteiger partial charge in [0.15, 0.2) is 5.17 Å². The highest BCUT2D eigenvalue weighted by Gasteiger charge is 2.07. The van der Waals surface area contributed by atoms with Crippen LogP contribution in [0.2, 0.25) is 0 Å². The Morgan fingerprint density at radius 3 is 2.72 bits per heavy atom. The Morgan fingerprint density at radius 1 is 1.11 bits per heavy atom. The van der Waals surface area contributed by atoms with Crippen LogP contribution in [0.4, 0.5) is 0 Å². The summed E-state index contributed by atoms with van der Waals surface area (Å²) in [6.07, 6.45) is 7.51. The zero-order chi connectivity index (χ0) is 12.6. The summed E-state index contributed by atoms with van der Waals surface area (Å²) in [6, 6.07) is 6.08. The molecule has 0 atom stereocenters. The Balaban J connectivity index is 1.59. The van der Waals surface area contributed by atoms with Crippen molar-refractivity contribution in [3.63, 3.8) is 0 Å². The van der Waals surface area contributed by atoms with Crippen molar-refractivity contribution < 1.29 is 0 Å². The number of hydrogen-bond acceptors (Lipinski definition) is 5. The lowest BCUT2D eigenvalue weighted by atomic mass is 10.1. The van der Waals surface area contributed by atoms with E-state index in [0.29, 0.717) is 5.17 Å². The maximum atomic E-state index is 5.54. The van der Waals surface area contributed by atoms with Crippen molar-refractivity contribution in [2.45, 2.75) is 32.1 Å². The Hall–Kier alpha value is -1.36. The lowest BCUT2D eigenvalue weighted by Crippen LogP contribution is -2.15. The van der Waals surface area contributed by atoms with E-state index in [0.717, 1.165) is 24.3 Å². The van der Waals surface area contributed by atoms with E-state index in [4.69, 9.17) is 5.73 Å². The molecule has 0 bridgehead atoms. The van der Waals surface area contributed by atoms with E-state index in [1.807, 2.05) is 18.3 Å². The Bertz CT molecular complexity index is 428. The molecule has 0 fully saturated rings. The van der Waals surface area contributed by atoms with Gasteiger partial charge in [-0.05, 0) is 37.8 Å². The summed E-state index contributed by atoms with van der Waals surface area (Å²) in [5.41, 5.74) is 7.88. The molecule has 1 aromatic rings. The van der Waals surface area contributed by atoms with Crippen LogP contribution in [0, 0.1) is 0 Å². The molecule has 96 valence electrons. The molecule has 4 nitrogen and oxygen atoms in total. The summed E-state index contributed by atoms with van der Waals surface area (Å²) >= 11 is 1.57. The predicted octanol–water partition coefficient (Wildman–Crippen LogP) is 2.60. The molecule has 0 saturated heterocycles. The van der Waals surface area contributed by atoms with Crippen LogP contribution in [0.25, 0.3) is 0 Å². The summed E-state index contributed by atoms with van der Waals surface area (Å²) in [5, 5.41) is 8.58. The van der Waals surface area contributed by atoms with E-state index in [9.17, 15) is 0 Å². The average molecular weight is 262 g/mol. The highest BCUT2D eigenvalue weighted by molar-refractivity contribution is 8.14. The lowest BCUT2D eigenvalue weighted by molar-refractivity contribution is 0.687. The number of thioether (sulfide) groups is 1. The van der Waals surface area contributed by atoms with Gasteiger partial charge in [0.05, 0.1) is 5.71 Å². The SMILES string of the molecule is NC1=NN=C(CCCCCc2ccccn2)CS1. The van der Waals surface area contributed by atoms with Gasteiger partial charge >= 0.3 is 0 Å². The summed E-state index contributed by atoms with van der Waals surface area (Å²) in [4.78, 5) is 4.32. The maximum absolute atomic E-state index is 5.54. The zero-order valence-corrected chi connectivity index (χ0v) is 11.2. The van der Waals surface area contributed by atoms with Crippen LogP contribution in [0.1, 0.15) is 31.4 Å². The third-order valence-electron chi connectivity index (χ3n) is 2.80. The highest BCUT2D eigenvalue weighted by atomic mass is 32.2. The van der Waals surface area contributed by atoms with Crippen LogP contribution in [0.15, 0.2) is 34.6 Å². The number of unbranched alkanes of at least 4 members (excludes halogenated alkanes) is 2. The van der Waals surface area contributed by atoms with Gasteiger partial charge in [-0.3, -0.25) is 4.98 Å². The Morgan fingerprint density at radius 2 is 2.00 bits per heavy atom. The predicted molar refractivity (Wildman–Crippen MR) is 77.9 cm³/mol. The van der Waals surface area contributed by atoms with E-state index >= 15 is 0 Å². The largest absolute Gasteiger partial charge is 0.377 e. The first-order chi connectivity index (χ1) is 8.84.